The van der Waals surface area contributed by atoms with Crippen LogP contribution < -0.4 is 10.6 Å². The highest BCUT2D eigenvalue weighted by Gasteiger charge is 2.16. The SMILES string of the molecule is COC(=O)c1ccc(CNC(=O)c2ccccc2SCC(=O)NCC2CCCCC2)cc1. The molecule has 2 amide bonds. The Morgan fingerprint density at radius 2 is 1.69 bits per heavy atom. The van der Waals surface area contributed by atoms with Gasteiger partial charge in [-0.1, -0.05) is 43.5 Å². The normalized spacial score (nSPS) is 13.9. The van der Waals surface area contributed by atoms with Gasteiger partial charge in [0.25, 0.3) is 5.91 Å². The van der Waals surface area contributed by atoms with Crippen molar-refractivity contribution < 1.29 is 19.1 Å². The fourth-order valence-corrected chi connectivity index (χ4v) is 4.66. The number of carbonyl (C=O) groups excluding carboxylic acids is 3. The van der Waals surface area contributed by atoms with Gasteiger partial charge >= 0.3 is 5.97 Å². The monoisotopic (exact) mass is 454 g/mol. The van der Waals surface area contributed by atoms with E-state index in [0.717, 1.165) is 17.0 Å². The summed E-state index contributed by atoms with van der Waals surface area (Å²) in [6, 6.07) is 14.2. The van der Waals surface area contributed by atoms with Crippen molar-refractivity contribution in [3.05, 3.63) is 65.2 Å². The highest BCUT2D eigenvalue weighted by atomic mass is 32.2. The summed E-state index contributed by atoms with van der Waals surface area (Å²) in [6.07, 6.45) is 6.21. The number of thioether (sulfide) groups is 1. The van der Waals surface area contributed by atoms with Gasteiger partial charge in [-0.25, -0.2) is 4.79 Å². The maximum absolute atomic E-state index is 12.7. The van der Waals surface area contributed by atoms with E-state index in [1.165, 1.54) is 51.0 Å². The van der Waals surface area contributed by atoms with Crippen molar-refractivity contribution in [2.45, 2.75) is 43.5 Å². The van der Waals surface area contributed by atoms with Crippen molar-refractivity contribution in [2.75, 3.05) is 19.4 Å². The fraction of sp³-hybridized carbons (Fsp3) is 0.400. The third-order valence-corrected chi connectivity index (χ3v) is 6.70. The molecule has 170 valence electrons. The van der Waals surface area contributed by atoms with Gasteiger partial charge in [0.2, 0.25) is 5.91 Å². The summed E-state index contributed by atoms with van der Waals surface area (Å²) in [5, 5.41) is 5.95. The van der Waals surface area contributed by atoms with Crippen LogP contribution in [-0.4, -0.2) is 37.2 Å². The van der Waals surface area contributed by atoms with E-state index in [0.29, 0.717) is 23.6 Å². The van der Waals surface area contributed by atoms with Crippen LogP contribution in [0.1, 0.15) is 58.4 Å². The van der Waals surface area contributed by atoms with Gasteiger partial charge < -0.3 is 15.4 Å². The summed E-state index contributed by atoms with van der Waals surface area (Å²) in [6.45, 7) is 1.08. The van der Waals surface area contributed by atoms with Gasteiger partial charge in [0.15, 0.2) is 0 Å². The van der Waals surface area contributed by atoms with Gasteiger partial charge in [-0.3, -0.25) is 9.59 Å². The number of hydrogen-bond donors (Lipinski definition) is 2. The van der Waals surface area contributed by atoms with Gasteiger partial charge in [0, 0.05) is 18.0 Å². The Morgan fingerprint density at radius 1 is 0.969 bits per heavy atom. The summed E-state index contributed by atoms with van der Waals surface area (Å²) in [7, 11) is 1.34. The maximum Gasteiger partial charge on any atom is 0.337 e. The van der Waals surface area contributed by atoms with Gasteiger partial charge in [-0.05, 0) is 48.6 Å². The molecule has 1 aliphatic carbocycles. The van der Waals surface area contributed by atoms with Crippen molar-refractivity contribution >= 4 is 29.5 Å². The minimum atomic E-state index is -0.394. The highest BCUT2D eigenvalue weighted by molar-refractivity contribution is 8.00. The molecule has 0 heterocycles. The number of methoxy groups -OCH3 is 1. The van der Waals surface area contributed by atoms with E-state index >= 15 is 0 Å². The van der Waals surface area contributed by atoms with Crippen LogP contribution in [0.4, 0.5) is 0 Å². The van der Waals surface area contributed by atoms with E-state index < -0.39 is 5.97 Å². The molecule has 6 nitrogen and oxygen atoms in total. The maximum atomic E-state index is 12.7. The zero-order valence-electron chi connectivity index (χ0n) is 18.4. The third kappa shape index (κ3) is 7.12. The average molecular weight is 455 g/mol. The average Bonchev–Trinajstić information content (AvgIpc) is 2.85. The molecule has 0 bridgehead atoms. The van der Waals surface area contributed by atoms with Crippen LogP contribution in [0.2, 0.25) is 0 Å². The number of carbonyl (C=O) groups is 3. The molecule has 2 N–H and O–H groups in total. The molecular weight excluding hydrogens is 424 g/mol. The Balaban J connectivity index is 1.49. The number of ether oxygens (including phenoxy) is 1. The van der Waals surface area contributed by atoms with Gasteiger partial charge in [0.05, 0.1) is 24.0 Å². The third-order valence-electron chi connectivity index (χ3n) is 5.63. The van der Waals surface area contributed by atoms with Crippen molar-refractivity contribution in [3.8, 4) is 0 Å². The molecule has 32 heavy (non-hydrogen) atoms. The molecule has 0 aliphatic heterocycles. The van der Waals surface area contributed by atoms with E-state index in [1.54, 1.807) is 30.3 Å². The van der Waals surface area contributed by atoms with Gasteiger partial charge in [-0.2, -0.15) is 0 Å². The van der Waals surface area contributed by atoms with E-state index in [9.17, 15) is 14.4 Å². The summed E-state index contributed by atoms with van der Waals surface area (Å²) >= 11 is 1.38. The van der Waals surface area contributed by atoms with E-state index in [2.05, 4.69) is 10.6 Å². The standard InChI is InChI=1S/C25H30N2O4S/c1-31-25(30)20-13-11-19(12-14-20)16-27-24(29)21-9-5-6-10-22(21)32-17-23(28)26-15-18-7-3-2-4-8-18/h5-6,9-14,18H,2-4,7-8,15-17H2,1H3,(H,26,28)(H,27,29). The Kier molecular flexibility index (Phi) is 9.16. The van der Waals surface area contributed by atoms with Crippen LogP contribution in [0, 0.1) is 5.92 Å². The zero-order valence-corrected chi connectivity index (χ0v) is 19.2. The molecule has 0 aromatic heterocycles. The highest BCUT2D eigenvalue weighted by Crippen LogP contribution is 2.24. The number of amides is 2. The van der Waals surface area contributed by atoms with Crippen LogP contribution >= 0.6 is 11.8 Å². The van der Waals surface area contributed by atoms with Crippen molar-refractivity contribution in [2.24, 2.45) is 5.92 Å². The molecule has 2 aromatic carbocycles. The first kappa shape index (κ1) is 23.9. The van der Waals surface area contributed by atoms with Crippen molar-refractivity contribution in [3.63, 3.8) is 0 Å². The number of nitrogens with one attached hydrogen (secondary N) is 2. The summed E-state index contributed by atoms with van der Waals surface area (Å²) in [4.78, 5) is 37.3. The molecule has 3 rings (SSSR count). The molecule has 1 fully saturated rings. The molecule has 0 radical (unpaired) electrons. The van der Waals surface area contributed by atoms with Crippen LogP contribution in [0.3, 0.4) is 0 Å². The second kappa shape index (κ2) is 12.3. The Morgan fingerprint density at radius 3 is 2.41 bits per heavy atom. The molecule has 0 unspecified atom stereocenters. The van der Waals surface area contributed by atoms with E-state index in [1.807, 2.05) is 18.2 Å². The number of hydrogen-bond acceptors (Lipinski definition) is 5. The minimum absolute atomic E-state index is 0.00137. The van der Waals surface area contributed by atoms with Crippen molar-refractivity contribution in [1.29, 1.82) is 0 Å². The molecular formula is C25H30N2O4S. The lowest BCUT2D eigenvalue weighted by atomic mass is 9.89. The van der Waals surface area contributed by atoms with Gasteiger partial charge in [-0.15, -0.1) is 11.8 Å². The molecule has 0 atom stereocenters. The predicted molar refractivity (Wildman–Crippen MR) is 126 cm³/mol. The minimum Gasteiger partial charge on any atom is -0.465 e. The first-order chi connectivity index (χ1) is 15.6. The second-order valence-electron chi connectivity index (χ2n) is 7.96. The van der Waals surface area contributed by atoms with E-state index in [-0.39, 0.29) is 17.6 Å². The molecule has 0 spiro atoms. The van der Waals surface area contributed by atoms with Crippen LogP contribution in [0.15, 0.2) is 53.4 Å². The van der Waals surface area contributed by atoms with Crippen LogP contribution in [0.25, 0.3) is 0 Å². The Hall–Kier alpha value is -2.80. The molecule has 7 heteroatoms. The molecule has 1 aliphatic rings. The molecule has 0 saturated heterocycles. The fourth-order valence-electron chi connectivity index (χ4n) is 3.78. The lowest BCUT2D eigenvalue weighted by molar-refractivity contribution is -0.118. The molecule has 1 saturated carbocycles. The lowest BCUT2D eigenvalue weighted by Crippen LogP contribution is -2.31. The number of esters is 1. The van der Waals surface area contributed by atoms with Crippen LogP contribution in [0.5, 0.6) is 0 Å². The first-order valence-corrected chi connectivity index (χ1v) is 12.0. The topological polar surface area (TPSA) is 84.5 Å². The summed E-state index contributed by atoms with van der Waals surface area (Å²) in [5.74, 6) is 0.285. The zero-order chi connectivity index (χ0) is 22.8. The first-order valence-electron chi connectivity index (χ1n) is 11.0. The second-order valence-corrected chi connectivity index (χ2v) is 8.98. The predicted octanol–water partition coefficient (Wildman–Crippen LogP) is 4.19. The Labute approximate surface area is 193 Å². The largest absolute Gasteiger partial charge is 0.465 e. The summed E-state index contributed by atoms with van der Waals surface area (Å²) in [5.41, 5.74) is 1.88. The quantitative estimate of drug-likeness (QED) is 0.438. The Bertz CT molecular complexity index is 924. The number of rotatable bonds is 9. The number of benzene rings is 2. The van der Waals surface area contributed by atoms with E-state index in [4.69, 9.17) is 4.74 Å². The summed E-state index contributed by atoms with van der Waals surface area (Å²) < 4.78 is 4.69. The lowest BCUT2D eigenvalue weighted by Gasteiger charge is -2.21. The molecule has 2 aromatic rings. The van der Waals surface area contributed by atoms with Gasteiger partial charge in [0.1, 0.15) is 0 Å². The van der Waals surface area contributed by atoms with Crippen LogP contribution in [-0.2, 0) is 16.1 Å². The van der Waals surface area contributed by atoms with Crippen molar-refractivity contribution in [1.82, 2.24) is 10.6 Å². The smallest absolute Gasteiger partial charge is 0.337 e.